The summed E-state index contributed by atoms with van der Waals surface area (Å²) in [5, 5.41) is 2.78. The highest BCUT2D eigenvalue weighted by atomic mass is 32.2. The quantitative estimate of drug-likeness (QED) is 0.429. The van der Waals surface area contributed by atoms with E-state index < -0.39 is 0 Å². The summed E-state index contributed by atoms with van der Waals surface area (Å²) in [4.78, 5) is 24.1. The van der Waals surface area contributed by atoms with E-state index in [1.165, 1.54) is 12.0 Å². The molecule has 0 aliphatic heterocycles. The zero-order valence-corrected chi connectivity index (χ0v) is 13.2. The SMILES string of the molecule is COCCOC(=O)CCC(=O)NCc1ccc(SC)cc1. The molecule has 0 bridgehead atoms. The molecule has 0 saturated carbocycles. The lowest BCUT2D eigenvalue weighted by molar-refractivity contribution is -0.146. The lowest BCUT2D eigenvalue weighted by Gasteiger charge is -2.06. The molecule has 1 aromatic rings. The molecule has 21 heavy (non-hydrogen) atoms. The lowest BCUT2D eigenvalue weighted by Crippen LogP contribution is -2.23. The van der Waals surface area contributed by atoms with Crippen LogP contribution in [0.15, 0.2) is 29.2 Å². The average Bonchev–Trinajstić information content (AvgIpc) is 2.51. The van der Waals surface area contributed by atoms with Gasteiger partial charge in [0.25, 0.3) is 0 Å². The van der Waals surface area contributed by atoms with Crippen LogP contribution in [0.1, 0.15) is 18.4 Å². The number of thioether (sulfide) groups is 1. The first-order chi connectivity index (χ1) is 10.2. The molecule has 1 amide bonds. The Morgan fingerprint density at radius 3 is 2.48 bits per heavy atom. The number of hydrogen-bond donors (Lipinski definition) is 1. The molecular weight excluding hydrogens is 290 g/mol. The van der Waals surface area contributed by atoms with Crippen molar-refractivity contribution in [1.29, 1.82) is 0 Å². The number of hydrogen-bond acceptors (Lipinski definition) is 5. The number of methoxy groups -OCH3 is 1. The molecule has 0 aromatic heterocycles. The topological polar surface area (TPSA) is 64.6 Å². The van der Waals surface area contributed by atoms with Crippen LogP contribution in [0.4, 0.5) is 0 Å². The molecule has 116 valence electrons. The van der Waals surface area contributed by atoms with Gasteiger partial charge in [-0.3, -0.25) is 9.59 Å². The third kappa shape index (κ3) is 7.72. The van der Waals surface area contributed by atoms with Gasteiger partial charge in [-0.15, -0.1) is 11.8 Å². The van der Waals surface area contributed by atoms with Crippen LogP contribution < -0.4 is 5.32 Å². The molecule has 5 nitrogen and oxygen atoms in total. The normalized spacial score (nSPS) is 10.2. The Labute approximate surface area is 129 Å². The minimum Gasteiger partial charge on any atom is -0.463 e. The van der Waals surface area contributed by atoms with Gasteiger partial charge in [-0.1, -0.05) is 12.1 Å². The van der Waals surface area contributed by atoms with Crippen molar-refractivity contribution >= 4 is 23.6 Å². The van der Waals surface area contributed by atoms with Gasteiger partial charge in [0.1, 0.15) is 6.61 Å². The predicted molar refractivity (Wildman–Crippen MR) is 82.1 cm³/mol. The zero-order valence-electron chi connectivity index (χ0n) is 12.4. The maximum Gasteiger partial charge on any atom is 0.306 e. The summed E-state index contributed by atoms with van der Waals surface area (Å²) >= 11 is 1.67. The van der Waals surface area contributed by atoms with Gasteiger partial charge in [-0.25, -0.2) is 0 Å². The Balaban J connectivity index is 2.19. The van der Waals surface area contributed by atoms with Crippen molar-refractivity contribution in [3.05, 3.63) is 29.8 Å². The van der Waals surface area contributed by atoms with Crippen molar-refractivity contribution < 1.29 is 19.1 Å². The van der Waals surface area contributed by atoms with Crippen LogP contribution in [-0.2, 0) is 25.6 Å². The second-order valence-corrected chi connectivity index (χ2v) is 5.22. The smallest absolute Gasteiger partial charge is 0.306 e. The third-order valence-electron chi connectivity index (χ3n) is 2.76. The van der Waals surface area contributed by atoms with Gasteiger partial charge in [0.2, 0.25) is 5.91 Å². The van der Waals surface area contributed by atoms with E-state index in [0.717, 1.165) is 5.56 Å². The average molecular weight is 311 g/mol. The van der Waals surface area contributed by atoms with Crippen LogP contribution in [-0.4, -0.2) is 38.5 Å². The Hall–Kier alpha value is -1.53. The van der Waals surface area contributed by atoms with E-state index in [1.54, 1.807) is 11.8 Å². The van der Waals surface area contributed by atoms with E-state index in [0.29, 0.717) is 13.2 Å². The molecule has 1 rings (SSSR count). The summed E-state index contributed by atoms with van der Waals surface area (Å²) in [5.74, 6) is -0.542. The Kier molecular flexibility index (Phi) is 8.54. The number of amides is 1. The van der Waals surface area contributed by atoms with Crippen molar-refractivity contribution in [2.24, 2.45) is 0 Å². The first kappa shape index (κ1) is 17.5. The number of carbonyl (C=O) groups excluding carboxylic acids is 2. The van der Waals surface area contributed by atoms with Crippen molar-refractivity contribution in [3.8, 4) is 0 Å². The Bertz CT molecular complexity index is 447. The largest absolute Gasteiger partial charge is 0.463 e. The van der Waals surface area contributed by atoms with Crippen LogP contribution in [0.5, 0.6) is 0 Å². The molecule has 0 spiro atoms. The first-order valence-electron chi connectivity index (χ1n) is 6.70. The minimum atomic E-state index is -0.383. The van der Waals surface area contributed by atoms with Crippen LogP contribution >= 0.6 is 11.8 Å². The molecule has 0 atom stereocenters. The maximum atomic E-state index is 11.6. The summed E-state index contributed by atoms with van der Waals surface area (Å²) in [6.45, 7) is 1.05. The van der Waals surface area contributed by atoms with Gasteiger partial charge in [-0.05, 0) is 24.0 Å². The van der Waals surface area contributed by atoms with Crippen LogP contribution in [0.2, 0.25) is 0 Å². The highest BCUT2D eigenvalue weighted by Crippen LogP contribution is 2.14. The number of benzene rings is 1. The van der Waals surface area contributed by atoms with Crippen molar-refractivity contribution in [1.82, 2.24) is 5.32 Å². The van der Waals surface area contributed by atoms with Gasteiger partial charge in [0, 0.05) is 25.0 Å². The predicted octanol–water partition coefficient (Wildman–Crippen LogP) is 1.99. The Morgan fingerprint density at radius 1 is 1.14 bits per heavy atom. The van der Waals surface area contributed by atoms with Gasteiger partial charge in [0.15, 0.2) is 0 Å². The summed E-state index contributed by atoms with van der Waals surface area (Å²) in [6.07, 6.45) is 2.23. The van der Waals surface area contributed by atoms with Crippen LogP contribution in [0, 0.1) is 0 Å². The molecule has 1 aromatic carbocycles. The standard InChI is InChI=1S/C15H21NO4S/c1-19-9-10-20-15(18)8-7-14(17)16-11-12-3-5-13(21-2)6-4-12/h3-6H,7-11H2,1-2H3,(H,16,17). The fourth-order valence-electron chi connectivity index (χ4n) is 1.56. The van der Waals surface area contributed by atoms with Crippen molar-refractivity contribution in [3.63, 3.8) is 0 Å². The van der Waals surface area contributed by atoms with Gasteiger partial charge in [0.05, 0.1) is 13.0 Å². The third-order valence-corrected chi connectivity index (χ3v) is 3.50. The van der Waals surface area contributed by atoms with E-state index >= 15 is 0 Å². The zero-order chi connectivity index (χ0) is 15.5. The number of nitrogens with one attached hydrogen (secondary N) is 1. The van der Waals surface area contributed by atoms with Crippen LogP contribution in [0.25, 0.3) is 0 Å². The molecule has 0 fully saturated rings. The summed E-state index contributed by atoms with van der Waals surface area (Å²) < 4.78 is 9.64. The molecule has 0 radical (unpaired) electrons. The minimum absolute atomic E-state index is 0.0843. The molecule has 0 unspecified atom stereocenters. The van der Waals surface area contributed by atoms with E-state index in [1.807, 2.05) is 30.5 Å². The van der Waals surface area contributed by atoms with Crippen molar-refractivity contribution in [2.75, 3.05) is 26.6 Å². The summed E-state index contributed by atoms with van der Waals surface area (Å²) in [5.41, 5.74) is 1.03. The molecule has 0 aliphatic rings. The van der Waals surface area contributed by atoms with Crippen molar-refractivity contribution in [2.45, 2.75) is 24.3 Å². The first-order valence-corrected chi connectivity index (χ1v) is 7.92. The van der Waals surface area contributed by atoms with Gasteiger partial charge < -0.3 is 14.8 Å². The van der Waals surface area contributed by atoms with Crippen LogP contribution in [0.3, 0.4) is 0 Å². The highest BCUT2D eigenvalue weighted by molar-refractivity contribution is 7.98. The molecule has 1 N–H and O–H groups in total. The molecule has 0 heterocycles. The molecule has 0 saturated heterocycles. The number of rotatable bonds is 9. The second-order valence-electron chi connectivity index (χ2n) is 4.34. The van der Waals surface area contributed by atoms with E-state index in [-0.39, 0.29) is 31.3 Å². The highest BCUT2D eigenvalue weighted by Gasteiger charge is 2.07. The summed E-state index contributed by atoms with van der Waals surface area (Å²) in [6, 6.07) is 7.98. The second kappa shape index (κ2) is 10.2. The monoisotopic (exact) mass is 311 g/mol. The lowest BCUT2D eigenvalue weighted by atomic mass is 10.2. The summed E-state index contributed by atoms with van der Waals surface area (Å²) in [7, 11) is 1.53. The number of esters is 1. The molecule has 6 heteroatoms. The Morgan fingerprint density at radius 2 is 1.86 bits per heavy atom. The molecule has 0 aliphatic carbocycles. The molecular formula is C15H21NO4S. The number of carbonyl (C=O) groups is 2. The van der Waals surface area contributed by atoms with Gasteiger partial charge >= 0.3 is 5.97 Å². The fraction of sp³-hybridized carbons (Fsp3) is 0.467. The fourth-order valence-corrected chi connectivity index (χ4v) is 1.97. The van der Waals surface area contributed by atoms with E-state index in [4.69, 9.17) is 9.47 Å². The maximum absolute atomic E-state index is 11.6. The van der Waals surface area contributed by atoms with E-state index in [9.17, 15) is 9.59 Å². The van der Waals surface area contributed by atoms with Gasteiger partial charge in [-0.2, -0.15) is 0 Å². The number of ether oxygens (including phenoxy) is 2. The van der Waals surface area contributed by atoms with E-state index in [2.05, 4.69) is 5.32 Å².